The predicted molar refractivity (Wildman–Crippen MR) is 102 cm³/mol. The molecule has 2 atom stereocenters. The number of halogens is 2. The molecular formula is C16H29Cl2N5O2. The molecule has 1 fully saturated rings. The van der Waals surface area contributed by atoms with Crippen molar-refractivity contribution in [2.24, 2.45) is 13.0 Å². The Bertz CT molecular complexity index is 552. The second-order valence-electron chi connectivity index (χ2n) is 6.08. The van der Waals surface area contributed by atoms with Gasteiger partial charge in [0.25, 0.3) is 0 Å². The number of hydrogen-bond donors (Lipinski definition) is 2. The number of carbonyl (C=O) groups is 2. The maximum Gasteiger partial charge on any atom is 0.225 e. The van der Waals surface area contributed by atoms with Gasteiger partial charge in [0.1, 0.15) is 0 Å². The Labute approximate surface area is 161 Å². The molecule has 0 spiro atoms. The number of rotatable bonds is 7. The van der Waals surface area contributed by atoms with Crippen molar-refractivity contribution in [2.45, 2.75) is 32.2 Å². The molecule has 2 rings (SSSR count). The van der Waals surface area contributed by atoms with E-state index in [2.05, 4.69) is 22.7 Å². The standard InChI is InChI=1S/C16H27N5O2.2ClH/c1-4-7-17-8-9-18-16(23)13-5-6-14(22)21(3)15(13)12-10-19-20(2)11-12;;/h10-11,13,15,17H,4-9H2,1-3H3,(H,18,23);2*1H. The quantitative estimate of drug-likeness (QED) is 0.684. The van der Waals surface area contributed by atoms with Crippen molar-refractivity contribution in [2.75, 3.05) is 26.7 Å². The van der Waals surface area contributed by atoms with Gasteiger partial charge < -0.3 is 15.5 Å². The van der Waals surface area contributed by atoms with E-state index in [-0.39, 0.29) is 48.6 Å². The number of aryl methyl sites for hydroxylation is 1. The monoisotopic (exact) mass is 393 g/mol. The topological polar surface area (TPSA) is 79.3 Å². The van der Waals surface area contributed by atoms with Gasteiger partial charge in [0.05, 0.1) is 18.2 Å². The summed E-state index contributed by atoms with van der Waals surface area (Å²) in [5.41, 5.74) is 0.910. The summed E-state index contributed by atoms with van der Waals surface area (Å²) in [6, 6.07) is -0.242. The summed E-state index contributed by atoms with van der Waals surface area (Å²) in [5, 5.41) is 10.4. The highest BCUT2D eigenvalue weighted by Crippen LogP contribution is 2.35. The molecule has 2 amide bonds. The minimum Gasteiger partial charge on any atom is -0.355 e. The lowest BCUT2D eigenvalue weighted by Crippen LogP contribution is -2.47. The second kappa shape index (κ2) is 11.3. The van der Waals surface area contributed by atoms with Crippen molar-refractivity contribution in [1.82, 2.24) is 25.3 Å². The summed E-state index contributed by atoms with van der Waals surface area (Å²) in [4.78, 5) is 26.3. The second-order valence-corrected chi connectivity index (χ2v) is 6.08. The summed E-state index contributed by atoms with van der Waals surface area (Å²) in [5.74, 6) is -0.142. The number of aromatic nitrogens is 2. The Hall–Kier alpha value is -1.31. The molecule has 0 radical (unpaired) electrons. The lowest BCUT2D eigenvalue weighted by molar-refractivity contribution is -0.141. The van der Waals surface area contributed by atoms with Crippen molar-refractivity contribution in [3.05, 3.63) is 18.0 Å². The highest BCUT2D eigenvalue weighted by molar-refractivity contribution is 5.86. The van der Waals surface area contributed by atoms with Crippen LogP contribution in [-0.2, 0) is 16.6 Å². The predicted octanol–water partition coefficient (Wildman–Crippen LogP) is 1.29. The molecule has 0 saturated carbocycles. The minimum absolute atomic E-state index is 0. The summed E-state index contributed by atoms with van der Waals surface area (Å²) in [6.45, 7) is 4.43. The van der Waals surface area contributed by atoms with Crippen LogP contribution in [-0.4, -0.2) is 53.2 Å². The minimum atomic E-state index is -0.242. The summed E-state index contributed by atoms with van der Waals surface area (Å²) < 4.78 is 1.70. The zero-order chi connectivity index (χ0) is 16.8. The normalized spacial score (nSPS) is 19.8. The van der Waals surface area contributed by atoms with Crippen molar-refractivity contribution in [1.29, 1.82) is 0 Å². The van der Waals surface area contributed by atoms with Gasteiger partial charge in [-0.15, -0.1) is 24.8 Å². The first-order chi connectivity index (χ1) is 11.0. The number of hydrogen-bond acceptors (Lipinski definition) is 4. The first-order valence-corrected chi connectivity index (χ1v) is 8.27. The van der Waals surface area contributed by atoms with Gasteiger partial charge in [-0.1, -0.05) is 6.92 Å². The molecule has 0 aliphatic carbocycles. The maximum atomic E-state index is 12.6. The largest absolute Gasteiger partial charge is 0.355 e. The van der Waals surface area contributed by atoms with Crippen molar-refractivity contribution < 1.29 is 9.59 Å². The molecule has 1 aromatic rings. The third-order valence-electron chi connectivity index (χ3n) is 4.29. The van der Waals surface area contributed by atoms with E-state index in [1.807, 2.05) is 13.2 Å². The lowest BCUT2D eigenvalue weighted by atomic mass is 9.85. The van der Waals surface area contributed by atoms with E-state index in [0.29, 0.717) is 19.4 Å². The Morgan fingerprint density at radius 3 is 2.60 bits per heavy atom. The fraction of sp³-hybridized carbons (Fsp3) is 0.688. The average Bonchev–Trinajstić information content (AvgIpc) is 2.95. The van der Waals surface area contributed by atoms with E-state index in [1.54, 1.807) is 22.8 Å². The number of amides is 2. The Morgan fingerprint density at radius 2 is 2.00 bits per heavy atom. The zero-order valence-electron chi connectivity index (χ0n) is 15.0. The van der Waals surface area contributed by atoms with Gasteiger partial charge >= 0.3 is 0 Å². The Kier molecular flexibility index (Phi) is 10.7. The molecule has 9 heteroatoms. The van der Waals surface area contributed by atoms with E-state index < -0.39 is 0 Å². The van der Waals surface area contributed by atoms with E-state index in [9.17, 15) is 9.59 Å². The van der Waals surface area contributed by atoms with Crippen LogP contribution in [0.2, 0.25) is 0 Å². The van der Waals surface area contributed by atoms with Crippen LogP contribution in [0.1, 0.15) is 37.8 Å². The van der Waals surface area contributed by atoms with Gasteiger partial charge in [0.15, 0.2) is 0 Å². The molecule has 2 unspecified atom stereocenters. The van der Waals surface area contributed by atoms with Gasteiger partial charge in [-0.3, -0.25) is 14.3 Å². The van der Waals surface area contributed by atoms with Crippen LogP contribution in [0, 0.1) is 5.92 Å². The van der Waals surface area contributed by atoms with Crippen LogP contribution in [0.15, 0.2) is 12.4 Å². The third-order valence-corrected chi connectivity index (χ3v) is 4.29. The van der Waals surface area contributed by atoms with E-state index in [4.69, 9.17) is 0 Å². The molecule has 1 aliphatic heterocycles. The van der Waals surface area contributed by atoms with Crippen LogP contribution >= 0.6 is 24.8 Å². The lowest BCUT2D eigenvalue weighted by Gasteiger charge is -2.37. The van der Waals surface area contributed by atoms with Gasteiger partial charge in [-0.25, -0.2) is 0 Å². The number of nitrogens with zero attached hydrogens (tertiary/aromatic N) is 3. The number of piperidine rings is 1. The first kappa shape index (κ1) is 23.7. The summed E-state index contributed by atoms with van der Waals surface area (Å²) in [7, 11) is 3.60. The SMILES string of the molecule is CCCNCCNC(=O)C1CCC(=O)N(C)C1c1cnn(C)c1.Cl.Cl. The molecular weight excluding hydrogens is 365 g/mol. The van der Waals surface area contributed by atoms with Crippen molar-refractivity contribution in [3.63, 3.8) is 0 Å². The maximum absolute atomic E-state index is 12.6. The molecule has 1 aromatic heterocycles. The fourth-order valence-electron chi connectivity index (χ4n) is 3.07. The number of nitrogens with one attached hydrogen (secondary N) is 2. The summed E-state index contributed by atoms with van der Waals surface area (Å²) in [6.07, 6.45) is 5.69. The van der Waals surface area contributed by atoms with Gasteiger partial charge in [0.2, 0.25) is 11.8 Å². The highest BCUT2D eigenvalue weighted by atomic mass is 35.5. The van der Waals surface area contributed by atoms with Gasteiger partial charge in [0, 0.05) is 45.4 Å². The van der Waals surface area contributed by atoms with Crippen molar-refractivity contribution in [3.8, 4) is 0 Å². The molecule has 2 N–H and O–H groups in total. The molecule has 1 aliphatic rings. The van der Waals surface area contributed by atoms with Crippen LogP contribution in [0.25, 0.3) is 0 Å². The molecule has 0 aromatic carbocycles. The number of carbonyl (C=O) groups excluding carboxylic acids is 2. The molecule has 7 nitrogen and oxygen atoms in total. The van der Waals surface area contributed by atoms with Crippen LogP contribution in [0.4, 0.5) is 0 Å². The third kappa shape index (κ3) is 6.17. The summed E-state index contributed by atoms with van der Waals surface area (Å²) >= 11 is 0. The first-order valence-electron chi connectivity index (χ1n) is 8.27. The Morgan fingerprint density at radius 1 is 1.28 bits per heavy atom. The van der Waals surface area contributed by atoms with Crippen LogP contribution in [0.5, 0.6) is 0 Å². The van der Waals surface area contributed by atoms with E-state index in [1.165, 1.54) is 0 Å². The molecule has 2 heterocycles. The average molecular weight is 394 g/mol. The number of likely N-dealkylation sites (tertiary alicyclic amines) is 1. The van der Waals surface area contributed by atoms with E-state index >= 15 is 0 Å². The Balaban J connectivity index is 0.00000288. The van der Waals surface area contributed by atoms with Crippen LogP contribution < -0.4 is 10.6 Å². The van der Waals surface area contributed by atoms with Crippen LogP contribution in [0.3, 0.4) is 0 Å². The van der Waals surface area contributed by atoms with Crippen molar-refractivity contribution >= 4 is 36.6 Å². The molecule has 144 valence electrons. The molecule has 1 saturated heterocycles. The fourth-order valence-corrected chi connectivity index (χ4v) is 3.07. The van der Waals surface area contributed by atoms with E-state index in [0.717, 1.165) is 25.1 Å². The van der Waals surface area contributed by atoms with Gasteiger partial charge in [-0.2, -0.15) is 5.10 Å². The van der Waals surface area contributed by atoms with Gasteiger partial charge in [-0.05, 0) is 19.4 Å². The molecule has 25 heavy (non-hydrogen) atoms. The molecule has 0 bridgehead atoms. The highest BCUT2D eigenvalue weighted by Gasteiger charge is 2.39. The zero-order valence-corrected chi connectivity index (χ0v) is 16.7. The smallest absolute Gasteiger partial charge is 0.225 e.